The largest absolute Gasteiger partial charge is 0.476 e. The molecule has 0 amide bonds. The van der Waals surface area contributed by atoms with E-state index in [2.05, 4.69) is 17.2 Å². The molecule has 76 valence electrons. The van der Waals surface area contributed by atoms with Gasteiger partial charge in [0.05, 0.1) is 5.69 Å². The van der Waals surface area contributed by atoms with E-state index in [1.54, 1.807) is 5.38 Å². The maximum absolute atomic E-state index is 10.5. The van der Waals surface area contributed by atoms with Crippen LogP contribution in [-0.2, 0) is 6.54 Å². The van der Waals surface area contributed by atoms with E-state index in [-0.39, 0.29) is 5.01 Å². The van der Waals surface area contributed by atoms with Crippen molar-refractivity contribution in [3.63, 3.8) is 0 Å². The van der Waals surface area contributed by atoms with Crippen molar-refractivity contribution in [2.24, 2.45) is 5.92 Å². The van der Waals surface area contributed by atoms with Gasteiger partial charge >= 0.3 is 5.97 Å². The zero-order valence-corrected chi connectivity index (χ0v) is 8.67. The van der Waals surface area contributed by atoms with Crippen LogP contribution in [0.25, 0.3) is 0 Å². The quantitative estimate of drug-likeness (QED) is 0.790. The van der Waals surface area contributed by atoms with Gasteiger partial charge in [0.25, 0.3) is 0 Å². The fourth-order valence-corrected chi connectivity index (χ4v) is 1.98. The molecular weight excluding hydrogens is 200 g/mol. The van der Waals surface area contributed by atoms with Gasteiger partial charge in [0, 0.05) is 18.0 Å². The third-order valence-corrected chi connectivity index (χ3v) is 3.27. The molecular formula is C9H12N2O2S. The normalized spacial score (nSPS) is 24.9. The van der Waals surface area contributed by atoms with E-state index in [1.165, 1.54) is 17.8 Å². The number of aromatic carboxylic acids is 1. The zero-order valence-electron chi connectivity index (χ0n) is 7.86. The molecule has 0 aliphatic heterocycles. The Labute approximate surface area is 86.0 Å². The highest BCUT2D eigenvalue weighted by atomic mass is 32.1. The number of hydrogen-bond acceptors (Lipinski definition) is 4. The Hall–Kier alpha value is -0.940. The summed E-state index contributed by atoms with van der Waals surface area (Å²) in [6.45, 7) is 2.88. The molecule has 1 aliphatic carbocycles. The second kappa shape index (κ2) is 3.67. The first-order chi connectivity index (χ1) is 6.66. The molecule has 0 spiro atoms. The van der Waals surface area contributed by atoms with Gasteiger partial charge in [0.15, 0.2) is 0 Å². The van der Waals surface area contributed by atoms with Crippen molar-refractivity contribution in [3.05, 3.63) is 16.1 Å². The van der Waals surface area contributed by atoms with Crippen LogP contribution in [0.15, 0.2) is 5.38 Å². The molecule has 5 heteroatoms. The molecule has 1 aliphatic rings. The summed E-state index contributed by atoms with van der Waals surface area (Å²) in [4.78, 5) is 14.5. The van der Waals surface area contributed by atoms with E-state index in [0.29, 0.717) is 12.6 Å². The highest BCUT2D eigenvalue weighted by Gasteiger charge is 2.31. The fourth-order valence-electron chi connectivity index (χ4n) is 1.33. The smallest absolute Gasteiger partial charge is 0.365 e. The lowest BCUT2D eigenvalue weighted by atomic mass is 10.4. The highest BCUT2D eigenvalue weighted by Crippen LogP contribution is 2.29. The van der Waals surface area contributed by atoms with Gasteiger partial charge in [-0.05, 0) is 12.3 Å². The topological polar surface area (TPSA) is 62.2 Å². The number of carbonyl (C=O) groups is 1. The average Bonchev–Trinajstić information content (AvgIpc) is 2.68. The summed E-state index contributed by atoms with van der Waals surface area (Å²) in [6.07, 6.45) is 1.22. The van der Waals surface area contributed by atoms with E-state index in [1.807, 2.05) is 0 Å². The fraction of sp³-hybridized carbons (Fsp3) is 0.556. The number of carboxylic acid groups (broad SMARTS) is 1. The first kappa shape index (κ1) is 9.61. The Bertz CT molecular complexity index is 350. The third-order valence-electron chi connectivity index (χ3n) is 2.39. The van der Waals surface area contributed by atoms with Gasteiger partial charge in [-0.2, -0.15) is 0 Å². The van der Waals surface area contributed by atoms with Crippen molar-refractivity contribution in [1.82, 2.24) is 10.3 Å². The molecule has 1 saturated carbocycles. The van der Waals surface area contributed by atoms with Gasteiger partial charge < -0.3 is 10.4 Å². The van der Waals surface area contributed by atoms with Crippen molar-refractivity contribution in [2.45, 2.75) is 25.9 Å². The van der Waals surface area contributed by atoms with Crippen molar-refractivity contribution in [2.75, 3.05) is 0 Å². The molecule has 1 fully saturated rings. The SMILES string of the molecule is CC1CC1NCc1csc(C(=O)O)n1. The van der Waals surface area contributed by atoms with Crippen LogP contribution in [0.5, 0.6) is 0 Å². The lowest BCUT2D eigenvalue weighted by Gasteiger charge is -1.98. The van der Waals surface area contributed by atoms with Gasteiger partial charge in [0.2, 0.25) is 5.01 Å². The van der Waals surface area contributed by atoms with Crippen LogP contribution >= 0.6 is 11.3 Å². The monoisotopic (exact) mass is 212 g/mol. The number of nitrogens with zero attached hydrogens (tertiary/aromatic N) is 1. The molecule has 2 unspecified atom stereocenters. The van der Waals surface area contributed by atoms with Gasteiger partial charge in [-0.25, -0.2) is 9.78 Å². The molecule has 0 aromatic carbocycles. The third kappa shape index (κ3) is 2.10. The molecule has 4 nitrogen and oxygen atoms in total. The summed E-state index contributed by atoms with van der Waals surface area (Å²) in [6, 6.07) is 0.602. The number of nitrogens with one attached hydrogen (secondary N) is 1. The van der Waals surface area contributed by atoms with Crippen LogP contribution in [0.1, 0.15) is 28.8 Å². The molecule has 2 N–H and O–H groups in total. The number of rotatable bonds is 4. The van der Waals surface area contributed by atoms with Crippen LogP contribution in [-0.4, -0.2) is 22.1 Å². The molecule has 2 rings (SSSR count). The van der Waals surface area contributed by atoms with Crippen molar-refractivity contribution in [3.8, 4) is 0 Å². The molecule has 0 bridgehead atoms. The summed E-state index contributed by atoms with van der Waals surface area (Å²) in [5, 5.41) is 14.0. The Balaban J connectivity index is 1.87. The van der Waals surface area contributed by atoms with Gasteiger partial charge in [-0.3, -0.25) is 0 Å². The molecule has 1 aromatic rings. The summed E-state index contributed by atoms with van der Waals surface area (Å²) in [7, 11) is 0. The van der Waals surface area contributed by atoms with E-state index in [0.717, 1.165) is 11.6 Å². The molecule has 2 atom stereocenters. The predicted octanol–water partition coefficient (Wildman–Crippen LogP) is 1.34. The number of carboxylic acids is 1. The van der Waals surface area contributed by atoms with Crippen molar-refractivity contribution in [1.29, 1.82) is 0 Å². The summed E-state index contributed by atoms with van der Waals surface area (Å²) in [5.41, 5.74) is 0.825. The minimum atomic E-state index is -0.943. The summed E-state index contributed by atoms with van der Waals surface area (Å²) >= 11 is 1.18. The summed E-state index contributed by atoms with van der Waals surface area (Å²) in [5.74, 6) is -0.186. The second-order valence-electron chi connectivity index (χ2n) is 3.65. The number of thiazole rings is 1. The molecule has 1 heterocycles. The standard InChI is InChI=1S/C9H12N2O2S/c1-5-2-7(5)10-3-6-4-14-8(11-6)9(12)13/h4-5,7,10H,2-3H2,1H3,(H,12,13). The second-order valence-corrected chi connectivity index (χ2v) is 4.51. The first-order valence-corrected chi connectivity index (χ1v) is 5.46. The van der Waals surface area contributed by atoms with Gasteiger partial charge in [0.1, 0.15) is 0 Å². The molecule has 0 saturated heterocycles. The lowest BCUT2D eigenvalue weighted by Crippen LogP contribution is -2.17. The Kier molecular flexibility index (Phi) is 2.52. The lowest BCUT2D eigenvalue weighted by molar-refractivity contribution is 0.0696. The highest BCUT2D eigenvalue weighted by molar-refractivity contribution is 7.11. The number of aromatic nitrogens is 1. The zero-order chi connectivity index (χ0) is 10.1. The molecule has 14 heavy (non-hydrogen) atoms. The van der Waals surface area contributed by atoms with Crippen LogP contribution in [0.3, 0.4) is 0 Å². The predicted molar refractivity (Wildman–Crippen MR) is 53.5 cm³/mol. The maximum Gasteiger partial charge on any atom is 0.365 e. The minimum absolute atomic E-state index is 0.172. The molecule has 0 radical (unpaired) electrons. The Morgan fingerprint density at radius 2 is 2.57 bits per heavy atom. The van der Waals surface area contributed by atoms with Crippen molar-refractivity contribution < 1.29 is 9.90 Å². The number of hydrogen-bond donors (Lipinski definition) is 2. The Morgan fingerprint density at radius 1 is 1.86 bits per heavy atom. The van der Waals surface area contributed by atoms with Crippen molar-refractivity contribution >= 4 is 17.3 Å². The maximum atomic E-state index is 10.5. The van der Waals surface area contributed by atoms with E-state index < -0.39 is 5.97 Å². The van der Waals surface area contributed by atoms with Crippen LogP contribution in [0.2, 0.25) is 0 Å². The van der Waals surface area contributed by atoms with E-state index >= 15 is 0 Å². The molecule has 1 aromatic heterocycles. The van der Waals surface area contributed by atoms with Gasteiger partial charge in [-0.1, -0.05) is 6.92 Å². The minimum Gasteiger partial charge on any atom is -0.476 e. The van der Waals surface area contributed by atoms with Crippen LogP contribution in [0, 0.1) is 5.92 Å². The van der Waals surface area contributed by atoms with E-state index in [4.69, 9.17) is 5.11 Å². The van der Waals surface area contributed by atoms with Crippen LogP contribution < -0.4 is 5.32 Å². The van der Waals surface area contributed by atoms with Crippen LogP contribution in [0.4, 0.5) is 0 Å². The van der Waals surface area contributed by atoms with E-state index in [9.17, 15) is 4.79 Å². The first-order valence-electron chi connectivity index (χ1n) is 4.58. The summed E-state index contributed by atoms with van der Waals surface area (Å²) < 4.78 is 0. The van der Waals surface area contributed by atoms with Gasteiger partial charge in [-0.15, -0.1) is 11.3 Å². The average molecular weight is 212 g/mol. The Morgan fingerprint density at radius 3 is 3.07 bits per heavy atom.